The first-order valence-electron chi connectivity index (χ1n) is 7.09. The van der Waals surface area contributed by atoms with E-state index in [1.807, 2.05) is 38.2 Å². The molecule has 0 aliphatic rings. The lowest BCUT2D eigenvalue weighted by Gasteiger charge is -2.13. The average Bonchev–Trinajstić information content (AvgIpc) is 2.42. The summed E-state index contributed by atoms with van der Waals surface area (Å²) in [6.45, 7) is 7.11. The summed E-state index contributed by atoms with van der Waals surface area (Å²) in [6, 6.07) is 10.1. The van der Waals surface area contributed by atoms with Crippen LogP contribution in [-0.4, -0.2) is 12.0 Å². The van der Waals surface area contributed by atoms with Crippen molar-refractivity contribution >= 4 is 15.9 Å². The Bertz CT molecular complexity index is 626. The van der Waals surface area contributed by atoms with Gasteiger partial charge in [-0.3, -0.25) is 0 Å². The summed E-state index contributed by atoms with van der Waals surface area (Å²) in [6.07, 6.45) is 0. The number of nitrogens with one attached hydrogen (secondary N) is 1. The summed E-state index contributed by atoms with van der Waals surface area (Å²) in [5, 5.41) is 3.17. The minimum atomic E-state index is 0.371. The Morgan fingerprint density at radius 2 is 2.00 bits per heavy atom. The van der Waals surface area contributed by atoms with Crippen molar-refractivity contribution in [1.82, 2.24) is 10.3 Å². The van der Waals surface area contributed by atoms with Gasteiger partial charge in [0, 0.05) is 22.8 Å². The zero-order valence-electron chi connectivity index (χ0n) is 12.9. The molecule has 0 saturated carbocycles. The van der Waals surface area contributed by atoms with E-state index in [-0.39, 0.29) is 0 Å². The van der Waals surface area contributed by atoms with Crippen LogP contribution in [0.3, 0.4) is 0 Å². The molecule has 21 heavy (non-hydrogen) atoms. The van der Waals surface area contributed by atoms with E-state index in [0.29, 0.717) is 11.8 Å². The molecule has 0 atom stereocenters. The van der Waals surface area contributed by atoms with Crippen molar-refractivity contribution in [2.24, 2.45) is 0 Å². The molecule has 2 rings (SSSR count). The molecule has 0 spiro atoms. The zero-order chi connectivity index (χ0) is 15.4. The number of aromatic nitrogens is 1. The lowest BCUT2D eigenvalue weighted by atomic mass is 10.1. The van der Waals surface area contributed by atoms with Crippen molar-refractivity contribution in [2.45, 2.75) is 33.2 Å². The normalized spacial score (nSPS) is 11.0. The molecule has 0 aliphatic carbocycles. The van der Waals surface area contributed by atoms with Crippen LogP contribution in [0.15, 0.2) is 34.8 Å². The van der Waals surface area contributed by atoms with Crippen LogP contribution in [0.4, 0.5) is 0 Å². The molecule has 3 nitrogen and oxygen atoms in total. The Labute approximate surface area is 134 Å². The number of hydrogen-bond acceptors (Lipinski definition) is 3. The van der Waals surface area contributed by atoms with E-state index in [1.54, 1.807) is 0 Å². The van der Waals surface area contributed by atoms with Gasteiger partial charge in [0.25, 0.3) is 0 Å². The Morgan fingerprint density at radius 3 is 2.62 bits per heavy atom. The van der Waals surface area contributed by atoms with E-state index >= 15 is 0 Å². The van der Waals surface area contributed by atoms with Crippen molar-refractivity contribution < 1.29 is 4.74 Å². The fraction of sp³-hybridized carbons (Fsp3) is 0.353. The molecule has 1 aromatic heterocycles. The number of aryl methyl sites for hydroxylation is 1. The van der Waals surface area contributed by atoms with Gasteiger partial charge in [-0.15, -0.1) is 0 Å². The Hall–Kier alpha value is -1.39. The first-order valence-corrected chi connectivity index (χ1v) is 7.88. The van der Waals surface area contributed by atoms with Crippen molar-refractivity contribution in [3.05, 3.63) is 51.6 Å². The van der Waals surface area contributed by atoms with E-state index in [9.17, 15) is 0 Å². The van der Waals surface area contributed by atoms with Gasteiger partial charge in [0.1, 0.15) is 5.75 Å². The summed E-state index contributed by atoms with van der Waals surface area (Å²) in [7, 11) is 1.94. The SMILES string of the molecule is CNCc1cc(Oc2ccc(Br)cc2C)nc(C(C)C)c1. The molecule has 0 unspecified atom stereocenters. The van der Waals surface area contributed by atoms with Crippen LogP contribution in [0.5, 0.6) is 11.6 Å². The van der Waals surface area contributed by atoms with Gasteiger partial charge in [-0.2, -0.15) is 0 Å². The molecule has 0 aliphatic heterocycles. The Morgan fingerprint density at radius 1 is 1.24 bits per heavy atom. The highest BCUT2D eigenvalue weighted by Crippen LogP contribution is 2.28. The lowest BCUT2D eigenvalue weighted by molar-refractivity contribution is 0.455. The van der Waals surface area contributed by atoms with Gasteiger partial charge in [0.2, 0.25) is 5.88 Å². The third-order valence-electron chi connectivity index (χ3n) is 3.21. The second-order valence-electron chi connectivity index (χ2n) is 5.44. The van der Waals surface area contributed by atoms with Crippen molar-refractivity contribution in [1.29, 1.82) is 0 Å². The summed E-state index contributed by atoms with van der Waals surface area (Å²) in [4.78, 5) is 4.61. The molecule has 1 N–H and O–H groups in total. The lowest BCUT2D eigenvalue weighted by Crippen LogP contribution is -2.07. The van der Waals surface area contributed by atoms with Crippen LogP contribution < -0.4 is 10.1 Å². The van der Waals surface area contributed by atoms with Crippen molar-refractivity contribution in [2.75, 3.05) is 7.05 Å². The summed E-state index contributed by atoms with van der Waals surface area (Å²) < 4.78 is 7.03. The van der Waals surface area contributed by atoms with E-state index in [0.717, 1.165) is 28.0 Å². The number of ether oxygens (including phenoxy) is 1. The molecule has 4 heteroatoms. The highest BCUT2D eigenvalue weighted by Gasteiger charge is 2.09. The molecular formula is C17H21BrN2O. The van der Waals surface area contributed by atoms with Gasteiger partial charge in [-0.1, -0.05) is 29.8 Å². The van der Waals surface area contributed by atoms with Gasteiger partial charge in [-0.05, 0) is 55.3 Å². The Balaban J connectivity index is 2.33. The Kier molecular flexibility index (Phi) is 5.37. The number of hydrogen-bond donors (Lipinski definition) is 1. The molecule has 1 aromatic carbocycles. The molecule has 0 radical (unpaired) electrons. The van der Waals surface area contributed by atoms with Crippen molar-refractivity contribution in [3.63, 3.8) is 0 Å². The number of halogens is 1. The first-order chi connectivity index (χ1) is 9.99. The van der Waals surface area contributed by atoms with Crippen LogP contribution in [0.1, 0.15) is 36.6 Å². The van der Waals surface area contributed by atoms with Crippen LogP contribution >= 0.6 is 15.9 Å². The predicted octanol–water partition coefficient (Wildman–Crippen LogP) is 4.79. The molecule has 1 heterocycles. The third-order valence-corrected chi connectivity index (χ3v) is 3.70. The molecule has 0 amide bonds. The van der Waals surface area contributed by atoms with Gasteiger partial charge in [0.05, 0.1) is 0 Å². The highest BCUT2D eigenvalue weighted by atomic mass is 79.9. The standard InChI is InChI=1S/C17H21BrN2O/c1-11(2)15-8-13(10-19-4)9-17(20-15)21-16-6-5-14(18)7-12(16)3/h5-9,11,19H,10H2,1-4H3. The maximum absolute atomic E-state index is 5.98. The van der Waals surface area contributed by atoms with Crippen LogP contribution in [0.2, 0.25) is 0 Å². The molecule has 0 fully saturated rings. The van der Waals surface area contributed by atoms with Gasteiger partial charge < -0.3 is 10.1 Å². The van der Waals surface area contributed by atoms with Gasteiger partial charge in [-0.25, -0.2) is 4.98 Å². The third kappa shape index (κ3) is 4.29. The smallest absolute Gasteiger partial charge is 0.219 e. The molecule has 0 saturated heterocycles. The fourth-order valence-corrected chi connectivity index (χ4v) is 2.55. The number of rotatable bonds is 5. The van der Waals surface area contributed by atoms with Crippen LogP contribution in [0, 0.1) is 6.92 Å². The molecule has 0 bridgehead atoms. The van der Waals surface area contributed by atoms with E-state index in [2.05, 4.69) is 46.1 Å². The largest absolute Gasteiger partial charge is 0.439 e. The average molecular weight is 349 g/mol. The zero-order valence-corrected chi connectivity index (χ0v) is 14.5. The van der Waals surface area contributed by atoms with Gasteiger partial charge >= 0.3 is 0 Å². The predicted molar refractivity (Wildman–Crippen MR) is 90.0 cm³/mol. The summed E-state index contributed by atoms with van der Waals surface area (Å²) >= 11 is 3.47. The van der Waals surface area contributed by atoms with E-state index < -0.39 is 0 Å². The minimum Gasteiger partial charge on any atom is -0.439 e. The number of nitrogens with zero attached hydrogens (tertiary/aromatic N) is 1. The minimum absolute atomic E-state index is 0.371. The maximum Gasteiger partial charge on any atom is 0.219 e. The van der Waals surface area contributed by atoms with E-state index in [1.165, 1.54) is 5.56 Å². The van der Waals surface area contributed by atoms with Crippen molar-refractivity contribution in [3.8, 4) is 11.6 Å². The molecular weight excluding hydrogens is 328 g/mol. The maximum atomic E-state index is 5.98. The summed E-state index contributed by atoms with van der Waals surface area (Å²) in [5.74, 6) is 1.86. The second-order valence-corrected chi connectivity index (χ2v) is 6.35. The fourth-order valence-electron chi connectivity index (χ4n) is 2.08. The topological polar surface area (TPSA) is 34.1 Å². The highest BCUT2D eigenvalue weighted by molar-refractivity contribution is 9.10. The molecule has 2 aromatic rings. The van der Waals surface area contributed by atoms with Gasteiger partial charge in [0.15, 0.2) is 0 Å². The van der Waals surface area contributed by atoms with E-state index in [4.69, 9.17) is 4.74 Å². The summed E-state index contributed by atoms with van der Waals surface area (Å²) in [5.41, 5.74) is 3.31. The number of pyridine rings is 1. The second kappa shape index (κ2) is 7.05. The number of benzene rings is 1. The van der Waals surface area contributed by atoms with Crippen LogP contribution in [0.25, 0.3) is 0 Å². The monoisotopic (exact) mass is 348 g/mol. The quantitative estimate of drug-likeness (QED) is 0.843. The van der Waals surface area contributed by atoms with Crippen LogP contribution in [-0.2, 0) is 6.54 Å². The first kappa shape index (κ1) is 16.0. The molecule has 112 valence electrons.